The SMILES string of the molecule is Cc1c(C(=O)OCC(C)C)nnn1CC(F)(F)F. The van der Waals surface area contributed by atoms with Gasteiger partial charge < -0.3 is 4.74 Å². The maximum Gasteiger partial charge on any atom is 0.408 e. The van der Waals surface area contributed by atoms with Crippen molar-refractivity contribution in [3.8, 4) is 0 Å². The molecular weight excluding hydrogens is 251 g/mol. The van der Waals surface area contributed by atoms with Crippen molar-refractivity contribution >= 4 is 5.97 Å². The van der Waals surface area contributed by atoms with Crippen molar-refractivity contribution in [1.82, 2.24) is 15.0 Å². The zero-order valence-corrected chi connectivity index (χ0v) is 10.3. The number of hydrogen-bond donors (Lipinski definition) is 0. The van der Waals surface area contributed by atoms with Crippen LogP contribution in [-0.4, -0.2) is 33.7 Å². The van der Waals surface area contributed by atoms with Gasteiger partial charge in [-0.2, -0.15) is 13.2 Å². The van der Waals surface area contributed by atoms with Crippen LogP contribution < -0.4 is 0 Å². The minimum Gasteiger partial charge on any atom is -0.461 e. The highest BCUT2D eigenvalue weighted by molar-refractivity contribution is 5.88. The number of hydrogen-bond acceptors (Lipinski definition) is 4. The van der Waals surface area contributed by atoms with Gasteiger partial charge in [0, 0.05) is 0 Å². The number of alkyl halides is 3. The Kier molecular flexibility index (Phi) is 4.31. The van der Waals surface area contributed by atoms with Crippen molar-refractivity contribution in [2.24, 2.45) is 5.92 Å². The van der Waals surface area contributed by atoms with E-state index in [1.54, 1.807) is 0 Å². The van der Waals surface area contributed by atoms with E-state index in [1.165, 1.54) is 6.92 Å². The molecule has 0 saturated carbocycles. The quantitative estimate of drug-likeness (QED) is 0.781. The van der Waals surface area contributed by atoms with Gasteiger partial charge in [-0.05, 0) is 12.8 Å². The van der Waals surface area contributed by atoms with E-state index in [1.807, 2.05) is 13.8 Å². The summed E-state index contributed by atoms with van der Waals surface area (Å²) in [6.07, 6.45) is -4.41. The van der Waals surface area contributed by atoms with Gasteiger partial charge >= 0.3 is 12.1 Å². The van der Waals surface area contributed by atoms with E-state index in [2.05, 4.69) is 10.3 Å². The molecule has 102 valence electrons. The molecule has 5 nitrogen and oxygen atoms in total. The number of aromatic nitrogens is 3. The van der Waals surface area contributed by atoms with Crippen LogP contribution >= 0.6 is 0 Å². The van der Waals surface area contributed by atoms with Gasteiger partial charge in [0.15, 0.2) is 5.69 Å². The molecule has 0 saturated heterocycles. The van der Waals surface area contributed by atoms with Crippen molar-refractivity contribution in [2.45, 2.75) is 33.5 Å². The van der Waals surface area contributed by atoms with Crippen LogP contribution in [0.15, 0.2) is 0 Å². The first-order valence-electron chi connectivity index (χ1n) is 5.34. The number of halogens is 3. The number of rotatable bonds is 4. The second kappa shape index (κ2) is 5.36. The van der Waals surface area contributed by atoms with Crippen LogP contribution in [0.1, 0.15) is 30.0 Å². The van der Waals surface area contributed by atoms with Gasteiger partial charge in [-0.15, -0.1) is 5.10 Å². The van der Waals surface area contributed by atoms with Gasteiger partial charge in [-0.25, -0.2) is 9.48 Å². The first kappa shape index (κ1) is 14.5. The average molecular weight is 265 g/mol. The summed E-state index contributed by atoms with van der Waals surface area (Å²) in [5.74, 6) is -0.617. The summed E-state index contributed by atoms with van der Waals surface area (Å²) < 4.78 is 42.1. The van der Waals surface area contributed by atoms with Crippen molar-refractivity contribution in [1.29, 1.82) is 0 Å². The summed E-state index contributed by atoms with van der Waals surface area (Å²) in [6, 6.07) is 0. The van der Waals surface area contributed by atoms with E-state index >= 15 is 0 Å². The van der Waals surface area contributed by atoms with Crippen molar-refractivity contribution in [3.05, 3.63) is 11.4 Å². The number of ether oxygens (including phenoxy) is 1. The molecule has 0 amide bonds. The molecule has 0 aliphatic carbocycles. The fraction of sp³-hybridized carbons (Fsp3) is 0.700. The summed E-state index contributed by atoms with van der Waals surface area (Å²) in [6.45, 7) is 3.95. The highest BCUT2D eigenvalue weighted by Crippen LogP contribution is 2.18. The molecule has 0 aromatic carbocycles. The molecule has 0 radical (unpaired) electrons. The summed E-state index contributed by atoms with van der Waals surface area (Å²) in [5.41, 5.74) is -0.138. The Hall–Kier alpha value is -1.60. The first-order valence-corrected chi connectivity index (χ1v) is 5.34. The first-order chi connectivity index (χ1) is 8.20. The lowest BCUT2D eigenvalue weighted by Gasteiger charge is -2.08. The monoisotopic (exact) mass is 265 g/mol. The predicted molar refractivity (Wildman–Crippen MR) is 55.9 cm³/mol. The summed E-state index contributed by atoms with van der Waals surface area (Å²) in [5, 5.41) is 6.71. The van der Waals surface area contributed by atoms with E-state index in [0.29, 0.717) is 4.68 Å². The Morgan fingerprint density at radius 2 is 2.06 bits per heavy atom. The standard InChI is InChI=1S/C10H14F3N3O2/c1-6(2)4-18-9(17)8-7(3)16(15-14-8)5-10(11,12)13/h6H,4-5H2,1-3H3. The molecule has 0 N–H and O–H groups in total. The largest absolute Gasteiger partial charge is 0.461 e. The fourth-order valence-electron chi connectivity index (χ4n) is 1.18. The van der Waals surface area contributed by atoms with E-state index in [4.69, 9.17) is 4.74 Å². The topological polar surface area (TPSA) is 57.0 Å². The van der Waals surface area contributed by atoms with E-state index < -0.39 is 18.7 Å². The van der Waals surface area contributed by atoms with Crippen molar-refractivity contribution < 1.29 is 22.7 Å². The Balaban J connectivity index is 2.77. The number of nitrogens with zero attached hydrogens (tertiary/aromatic N) is 3. The minimum atomic E-state index is -4.41. The molecule has 1 rings (SSSR count). The molecule has 18 heavy (non-hydrogen) atoms. The molecule has 0 aliphatic heterocycles. The van der Waals surface area contributed by atoms with E-state index in [9.17, 15) is 18.0 Å². The van der Waals surface area contributed by atoms with Crippen molar-refractivity contribution in [2.75, 3.05) is 6.61 Å². The van der Waals surface area contributed by atoms with Gasteiger partial charge in [0.2, 0.25) is 0 Å². The van der Waals surface area contributed by atoms with Crippen LogP contribution in [0.4, 0.5) is 13.2 Å². The highest BCUT2D eigenvalue weighted by Gasteiger charge is 2.31. The predicted octanol–water partition coefficient (Wildman–Crippen LogP) is 1.96. The average Bonchev–Trinajstić information content (AvgIpc) is 2.55. The van der Waals surface area contributed by atoms with E-state index in [-0.39, 0.29) is 23.9 Å². The molecule has 0 spiro atoms. The van der Waals surface area contributed by atoms with Gasteiger partial charge in [0.05, 0.1) is 12.3 Å². The van der Waals surface area contributed by atoms with Crippen LogP contribution in [-0.2, 0) is 11.3 Å². The van der Waals surface area contributed by atoms with Gasteiger partial charge in [-0.3, -0.25) is 0 Å². The van der Waals surface area contributed by atoms with Crippen LogP contribution in [0.25, 0.3) is 0 Å². The molecule has 0 unspecified atom stereocenters. The third-order valence-corrected chi connectivity index (χ3v) is 2.05. The van der Waals surface area contributed by atoms with Gasteiger partial charge in [0.1, 0.15) is 6.54 Å². The third kappa shape index (κ3) is 4.01. The molecular formula is C10H14F3N3O2. The molecule has 1 aromatic heterocycles. The van der Waals surface area contributed by atoms with Crippen LogP contribution in [0.3, 0.4) is 0 Å². The van der Waals surface area contributed by atoms with Crippen LogP contribution in [0.5, 0.6) is 0 Å². The molecule has 0 fully saturated rings. The lowest BCUT2D eigenvalue weighted by Crippen LogP contribution is -2.20. The lowest BCUT2D eigenvalue weighted by atomic mass is 10.2. The number of carbonyl (C=O) groups excluding carboxylic acids is 1. The zero-order chi connectivity index (χ0) is 13.9. The normalized spacial score (nSPS) is 11.9. The molecule has 0 aliphatic rings. The Morgan fingerprint density at radius 1 is 1.44 bits per heavy atom. The van der Waals surface area contributed by atoms with Crippen molar-refractivity contribution in [3.63, 3.8) is 0 Å². The third-order valence-electron chi connectivity index (χ3n) is 2.05. The number of carbonyl (C=O) groups is 1. The molecule has 0 bridgehead atoms. The smallest absolute Gasteiger partial charge is 0.408 e. The van der Waals surface area contributed by atoms with Crippen LogP contribution in [0.2, 0.25) is 0 Å². The van der Waals surface area contributed by atoms with Gasteiger partial charge in [0.25, 0.3) is 0 Å². The summed E-state index contributed by atoms with van der Waals surface area (Å²) in [7, 11) is 0. The molecule has 8 heteroatoms. The fourth-order valence-corrected chi connectivity index (χ4v) is 1.18. The Morgan fingerprint density at radius 3 is 2.56 bits per heavy atom. The van der Waals surface area contributed by atoms with Crippen LogP contribution in [0, 0.1) is 12.8 Å². The summed E-state index contributed by atoms with van der Waals surface area (Å²) >= 11 is 0. The minimum absolute atomic E-state index is 0.0427. The second-order valence-corrected chi connectivity index (χ2v) is 4.29. The lowest BCUT2D eigenvalue weighted by molar-refractivity contribution is -0.143. The van der Waals surface area contributed by atoms with E-state index in [0.717, 1.165) is 0 Å². The summed E-state index contributed by atoms with van der Waals surface area (Å²) in [4.78, 5) is 11.5. The Labute approximate surface area is 102 Å². The molecule has 1 aromatic rings. The number of esters is 1. The highest BCUT2D eigenvalue weighted by atomic mass is 19.4. The molecule has 0 atom stereocenters. The maximum atomic E-state index is 12.2. The molecule has 1 heterocycles. The second-order valence-electron chi connectivity index (χ2n) is 4.29. The van der Waals surface area contributed by atoms with Gasteiger partial charge in [-0.1, -0.05) is 19.1 Å². The zero-order valence-electron chi connectivity index (χ0n) is 10.3. The Bertz CT molecular complexity index is 426. The maximum absolute atomic E-state index is 12.2.